The summed E-state index contributed by atoms with van der Waals surface area (Å²) in [4.78, 5) is 36.0. The molecule has 1 N–H and O–H groups in total. The van der Waals surface area contributed by atoms with Gasteiger partial charge in [-0.05, 0) is 18.2 Å². The number of nitrogens with one attached hydrogen (secondary N) is 1. The fourth-order valence-corrected chi connectivity index (χ4v) is 1.88. The lowest BCUT2D eigenvalue weighted by atomic mass is 10.1. The van der Waals surface area contributed by atoms with E-state index < -0.39 is 23.4 Å². The number of Topliss-reactive ketones (excluding diaryl/α,β-unsaturated/α-hetero) is 1. The number of amides is 2. The Labute approximate surface area is 113 Å². The summed E-state index contributed by atoms with van der Waals surface area (Å²) in [5.41, 5.74) is 0.177. The zero-order valence-electron chi connectivity index (χ0n) is 10.4. The highest BCUT2D eigenvalue weighted by atomic mass is 19.1. The molecule has 1 aromatic rings. The van der Waals surface area contributed by atoms with Gasteiger partial charge in [-0.15, -0.1) is 0 Å². The molecule has 0 bridgehead atoms. The van der Waals surface area contributed by atoms with E-state index in [1.165, 1.54) is 6.07 Å². The largest absolute Gasteiger partial charge is 0.354 e. The van der Waals surface area contributed by atoms with E-state index in [1.54, 1.807) is 0 Å². The highest BCUT2D eigenvalue weighted by molar-refractivity contribution is 6.52. The number of nitriles is 1. The summed E-state index contributed by atoms with van der Waals surface area (Å²) in [6.45, 7) is -0.228. The van der Waals surface area contributed by atoms with Gasteiger partial charge in [-0.1, -0.05) is 0 Å². The van der Waals surface area contributed by atoms with E-state index in [0.29, 0.717) is 0 Å². The molecule has 102 valence electrons. The molecular formula is C13H10FN3O3. The van der Waals surface area contributed by atoms with Crippen LogP contribution >= 0.6 is 0 Å². The molecule has 0 spiro atoms. The SMILES string of the molecule is N#CCCNC(=O)CN1C(=O)C(=O)c2ccc(F)cc21. The van der Waals surface area contributed by atoms with E-state index in [4.69, 9.17) is 5.26 Å². The van der Waals surface area contributed by atoms with Crippen molar-refractivity contribution in [3.8, 4) is 6.07 Å². The summed E-state index contributed by atoms with van der Waals surface area (Å²) in [7, 11) is 0. The minimum Gasteiger partial charge on any atom is -0.354 e. The summed E-state index contributed by atoms with van der Waals surface area (Å²) >= 11 is 0. The standard InChI is InChI=1S/C13H10FN3O3/c14-8-2-3-9-10(6-8)17(13(20)12(9)19)7-11(18)16-5-1-4-15/h2-3,6H,1,5,7H2,(H,16,18). The molecule has 6 nitrogen and oxygen atoms in total. The van der Waals surface area contributed by atoms with Gasteiger partial charge in [0.2, 0.25) is 5.91 Å². The van der Waals surface area contributed by atoms with Crippen LogP contribution in [0.4, 0.5) is 10.1 Å². The quantitative estimate of drug-likeness (QED) is 0.635. The second-order valence-corrected chi connectivity index (χ2v) is 4.14. The maximum absolute atomic E-state index is 13.2. The van der Waals surface area contributed by atoms with E-state index in [2.05, 4.69) is 5.32 Å². The first-order valence-electron chi connectivity index (χ1n) is 5.84. The molecule has 0 aromatic heterocycles. The first-order chi connectivity index (χ1) is 9.54. The van der Waals surface area contributed by atoms with E-state index in [9.17, 15) is 18.8 Å². The van der Waals surface area contributed by atoms with Crippen molar-refractivity contribution in [1.82, 2.24) is 5.32 Å². The van der Waals surface area contributed by atoms with Crippen LogP contribution in [0.3, 0.4) is 0 Å². The predicted molar refractivity (Wildman–Crippen MR) is 66.3 cm³/mol. The van der Waals surface area contributed by atoms with Crippen molar-refractivity contribution in [2.24, 2.45) is 0 Å². The molecule has 1 aromatic carbocycles. The second kappa shape index (κ2) is 5.48. The summed E-state index contributed by atoms with van der Waals surface area (Å²) in [5, 5.41) is 10.8. The van der Waals surface area contributed by atoms with Crippen molar-refractivity contribution in [2.75, 3.05) is 18.0 Å². The number of ketones is 1. The zero-order valence-corrected chi connectivity index (χ0v) is 10.4. The Morgan fingerprint density at radius 1 is 1.40 bits per heavy atom. The first kappa shape index (κ1) is 13.7. The maximum Gasteiger partial charge on any atom is 0.299 e. The molecule has 0 fully saturated rings. The predicted octanol–water partition coefficient (Wildman–Crippen LogP) is 0.385. The first-order valence-corrected chi connectivity index (χ1v) is 5.84. The van der Waals surface area contributed by atoms with E-state index in [0.717, 1.165) is 17.0 Å². The fourth-order valence-electron chi connectivity index (χ4n) is 1.88. The van der Waals surface area contributed by atoms with Gasteiger partial charge in [-0.25, -0.2) is 4.39 Å². The van der Waals surface area contributed by atoms with Gasteiger partial charge >= 0.3 is 0 Å². The minimum atomic E-state index is -0.860. The van der Waals surface area contributed by atoms with Crippen LogP contribution in [-0.4, -0.2) is 30.7 Å². The third-order valence-electron chi connectivity index (χ3n) is 2.80. The third kappa shape index (κ3) is 2.49. The second-order valence-electron chi connectivity index (χ2n) is 4.14. The van der Waals surface area contributed by atoms with Gasteiger partial charge in [-0.3, -0.25) is 19.3 Å². The Bertz CT molecular complexity index is 636. The van der Waals surface area contributed by atoms with Gasteiger partial charge in [0.15, 0.2) is 0 Å². The van der Waals surface area contributed by atoms with Gasteiger partial charge in [0.1, 0.15) is 12.4 Å². The molecule has 0 saturated carbocycles. The number of carbonyl (C=O) groups excluding carboxylic acids is 3. The molecule has 0 aliphatic carbocycles. The molecule has 1 heterocycles. The number of carbonyl (C=O) groups is 3. The molecule has 2 rings (SSSR count). The lowest BCUT2D eigenvalue weighted by Crippen LogP contribution is -2.40. The number of hydrogen-bond acceptors (Lipinski definition) is 4. The molecule has 1 aliphatic heterocycles. The van der Waals surface area contributed by atoms with Gasteiger partial charge in [0.25, 0.3) is 11.7 Å². The van der Waals surface area contributed by atoms with Crippen molar-refractivity contribution in [3.63, 3.8) is 0 Å². The Kier molecular flexibility index (Phi) is 3.75. The Morgan fingerprint density at radius 2 is 2.15 bits per heavy atom. The zero-order chi connectivity index (χ0) is 14.7. The van der Waals surface area contributed by atoms with Crippen LogP contribution in [0, 0.1) is 17.1 Å². The smallest absolute Gasteiger partial charge is 0.299 e. The van der Waals surface area contributed by atoms with Crippen molar-refractivity contribution in [1.29, 1.82) is 5.26 Å². The van der Waals surface area contributed by atoms with Gasteiger partial charge in [0, 0.05) is 6.54 Å². The van der Waals surface area contributed by atoms with Gasteiger partial charge in [-0.2, -0.15) is 5.26 Å². The molecule has 0 saturated heterocycles. The molecule has 0 unspecified atom stereocenters. The Balaban J connectivity index is 2.15. The molecule has 2 amide bonds. The van der Waals surface area contributed by atoms with Crippen LogP contribution in [0.15, 0.2) is 18.2 Å². The molecule has 1 aliphatic rings. The summed E-state index contributed by atoms with van der Waals surface area (Å²) in [6.07, 6.45) is 0.143. The van der Waals surface area contributed by atoms with Crippen LogP contribution < -0.4 is 10.2 Å². The monoisotopic (exact) mass is 275 g/mol. The number of rotatable bonds is 4. The fraction of sp³-hybridized carbons (Fsp3) is 0.231. The highest BCUT2D eigenvalue weighted by Crippen LogP contribution is 2.29. The average Bonchev–Trinajstić information content (AvgIpc) is 2.64. The van der Waals surface area contributed by atoms with Crippen LogP contribution in [0.5, 0.6) is 0 Å². The minimum absolute atomic E-state index is 0.0845. The lowest BCUT2D eigenvalue weighted by molar-refractivity contribution is -0.122. The van der Waals surface area contributed by atoms with Crippen LogP contribution in [0.1, 0.15) is 16.8 Å². The highest BCUT2D eigenvalue weighted by Gasteiger charge is 2.36. The molecular weight excluding hydrogens is 265 g/mol. The Hall–Kier alpha value is -2.75. The summed E-state index contributed by atoms with van der Waals surface area (Å²) in [5.74, 6) is -2.73. The molecule has 7 heteroatoms. The summed E-state index contributed by atoms with van der Waals surface area (Å²) < 4.78 is 13.2. The number of anilines is 1. The van der Waals surface area contributed by atoms with Gasteiger partial charge < -0.3 is 5.32 Å². The average molecular weight is 275 g/mol. The molecule has 0 atom stereocenters. The van der Waals surface area contributed by atoms with E-state index in [-0.39, 0.29) is 30.8 Å². The number of benzene rings is 1. The van der Waals surface area contributed by atoms with Crippen LogP contribution in [0.25, 0.3) is 0 Å². The molecule has 0 radical (unpaired) electrons. The van der Waals surface area contributed by atoms with E-state index >= 15 is 0 Å². The van der Waals surface area contributed by atoms with E-state index in [1.807, 2.05) is 6.07 Å². The maximum atomic E-state index is 13.2. The van der Waals surface area contributed by atoms with Crippen molar-refractivity contribution in [2.45, 2.75) is 6.42 Å². The molecule has 20 heavy (non-hydrogen) atoms. The van der Waals surface area contributed by atoms with Crippen molar-refractivity contribution in [3.05, 3.63) is 29.6 Å². The van der Waals surface area contributed by atoms with Crippen LogP contribution in [-0.2, 0) is 9.59 Å². The van der Waals surface area contributed by atoms with Crippen LogP contribution in [0.2, 0.25) is 0 Å². The Morgan fingerprint density at radius 3 is 2.85 bits per heavy atom. The number of fused-ring (bicyclic) bond motifs is 1. The lowest BCUT2D eigenvalue weighted by Gasteiger charge is -2.15. The number of hydrogen-bond donors (Lipinski definition) is 1. The number of halogens is 1. The topological polar surface area (TPSA) is 90.3 Å². The normalized spacial score (nSPS) is 13.1. The van der Waals surface area contributed by atoms with Crippen molar-refractivity contribution < 1.29 is 18.8 Å². The van der Waals surface area contributed by atoms with Gasteiger partial charge in [0.05, 0.1) is 23.7 Å². The summed E-state index contributed by atoms with van der Waals surface area (Å²) in [6, 6.07) is 5.20. The number of nitrogens with zero attached hydrogens (tertiary/aromatic N) is 2. The van der Waals surface area contributed by atoms with Crippen molar-refractivity contribution >= 4 is 23.3 Å². The third-order valence-corrected chi connectivity index (χ3v) is 2.80.